The first-order chi connectivity index (χ1) is 5.13. The summed E-state index contributed by atoms with van der Waals surface area (Å²) in [6.45, 7) is 3.33. The Balaban J connectivity index is 3.01. The van der Waals surface area contributed by atoms with Crippen molar-refractivity contribution >= 4 is 11.6 Å². The van der Waals surface area contributed by atoms with Crippen LogP contribution in [0.2, 0.25) is 0 Å². The van der Waals surface area contributed by atoms with Crippen molar-refractivity contribution in [3.05, 3.63) is 11.1 Å². The lowest BCUT2D eigenvalue weighted by molar-refractivity contribution is -0.120. The van der Waals surface area contributed by atoms with E-state index in [0.29, 0.717) is 12.0 Å². The fourth-order valence-corrected chi connectivity index (χ4v) is 1.50. The lowest BCUT2D eigenvalue weighted by Crippen LogP contribution is -2.16. The molecule has 2 heteroatoms. The highest BCUT2D eigenvalue weighted by atomic mass is 16.1. The molecule has 0 unspecified atom stereocenters. The van der Waals surface area contributed by atoms with Gasteiger partial charge in [-0.25, -0.2) is 0 Å². The van der Waals surface area contributed by atoms with Crippen LogP contribution in [0.1, 0.15) is 33.1 Å². The second kappa shape index (κ2) is 2.99. The van der Waals surface area contributed by atoms with E-state index in [1.807, 2.05) is 6.92 Å². The van der Waals surface area contributed by atoms with Crippen LogP contribution in [0.15, 0.2) is 11.1 Å². The second-order valence-corrected chi connectivity index (χ2v) is 2.99. The number of hydrogen-bond acceptors (Lipinski definition) is 2. The molecule has 0 aromatic rings. The number of hydrogen-bond donors (Lipinski definition) is 0. The summed E-state index contributed by atoms with van der Waals surface area (Å²) >= 11 is 0. The van der Waals surface area contributed by atoms with Crippen molar-refractivity contribution in [2.24, 2.45) is 0 Å². The van der Waals surface area contributed by atoms with Crippen LogP contribution in [0, 0.1) is 0 Å². The molecule has 0 aliphatic heterocycles. The molecule has 1 aliphatic rings. The first-order valence-corrected chi connectivity index (χ1v) is 3.87. The van der Waals surface area contributed by atoms with E-state index in [-0.39, 0.29) is 11.6 Å². The van der Waals surface area contributed by atoms with Crippen LogP contribution in [-0.2, 0) is 9.59 Å². The molecule has 2 nitrogen and oxygen atoms in total. The molecule has 0 radical (unpaired) electrons. The van der Waals surface area contributed by atoms with Crippen molar-refractivity contribution in [1.29, 1.82) is 0 Å². The molecule has 0 atom stereocenters. The molecule has 0 amide bonds. The van der Waals surface area contributed by atoms with Gasteiger partial charge in [0.05, 0.1) is 5.57 Å². The summed E-state index contributed by atoms with van der Waals surface area (Å²) in [4.78, 5) is 22.1. The molecule has 0 saturated carbocycles. The third kappa shape index (κ3) is 1.56. The van der Waals surface area contributed by atoms with Crippen molar-refractivity contribution in [1.82, 2.24) is 0 Å². The van der Waals surface area contributed by atoms with Crippen LogP contribution in [0.3, 0.4) is 0 Å². The van der Waals surface area contributed by atoms with Gasteiger partial charge in [0.25, 0.3) is 0 Å². The molecule has 1 aliphatic carbocycles. The standard InChI is InChI=1S/C9H12O2/c1-6-4-3-5-8(11)9(6)7(2)10/h3-5H2,1-2H3. The monoisotopic (exact) mass is 152 g/mol. The Kier molecular flexibility index (Phi) is 2.22. The quantitative estimate of drug-likeness (QED) is 0.535. The van der Waals surface area contributed by atoms with Gasteiger partial charge in [-0.05, 0) is 26.7 Å². The molecule has 0 aromatic heterocycles. The van der Waals surface area contributed by atoms with Gasteiger partial charge in [0.15, 0.2) is 11.6 Å². The summed E-state index contributed by atoms with van der Waals surface area (Å²) in [6, 6.07) is 0. The van der Waals surface area contributed by atoms with E-state index >= 15 is 0 Å². The highest BCUT2D eigenvalue weighted by molar-refractivity contribution is 6.20. The molecule has 60 valence electrons. The van der Waals surface area contributed by atoms with Crippen molar-refractivity contribution in [3.8, 4) is 0 Å². The number of Topliss-reactive ketones (excluding diaryl/α,β-unsaturated/α-hetero) is 2. The number of carbonyl (C=O) groups is 2. The fourth-order valence-electron chi connectivity index (χ4n) is 1.50. The molecule has 0 bridgehead atoms. The minimum Gasteiger partial charge on any atom is -0.294 e. The highest BCUT2D eigenvalue weighted by Gasteiger charge is 2.20. The van der Waals surface area contributed by atoms with Gasteiger partial charge in [0, 0.05) is 6.42 Å². The maximum absolute atomic E-state index is 11.2. The summed E-state index contributed by atoms with van der Waals surface area (Å²) < 4.78 is 0. The topological polar surface area (TPSA) is 34.1 Å². The predicted octanol–water partition coefficient (Wildman–Crippen LogP) is 1.64. The summed E-state index contributed by atoms with van der Waals surface area (Å²) in [6.07, 6.45) is 2.36. The third-order valence-corrected chi connectivity index (χ3v) is 2.01. The average molecular weight is 152 g/mol. The molecule has 1 rings (SSSR count). The number of rotatable bonds is 1. The van der Waals surface area contributed by atoms with Crippen molar-refractivity contribution in [2.45, 2.75) is 33.1 Å². The minimum atomic E-state index is -0.0767. The first-order valence-electron chi connectivity index (χ1n) is 3.87. The van der Waals surface area contributed by atoms with Crippen LogP contribution < -0.4 is 0 Å². The van der Waals surface area contributed by atoms with E-state index in [1.54, 1.807) is 0 Å². The minimum absolute atomic E-state index is 0.0289. The average Bonchev–Trinajstić information content (AvgIpc) is 1.85. The normalized spacial score (nSPS) is 18.9. The lowest BCUT2D eigenvalue weighted by atomic mass is 9.90. The highest BCUT2D eigenvalue weighted by Crippen LogP contribution is 2.21. The molecule has 0 saturated heterocycles. The molecular weight excluding hydrogens is 140 g/mol. The van der Waals surface area contributed by atoms with Gasteiger partial charge in [0.1, 0.15) is 0 Å². The maximum atomic E-state index is 11.2. The van der Waals surface area contributed by atoms with Gasteiger partial charge in [0.2, 0.25) is 0 Å². The van der Waals surface area contributed by atoms with Crippen LogP contribution in [0.5, 0.6) is 0 Å². The van der Waals surface area contributed by atoms with Crippen molar-refractivity contribution in [2.75, 3.05) is 0 Å². The Morgan fingerprint density at radius 3 is 2.36 bits per heavy atom. The van der Waals surface area contributed by atoms with Gasteiger partial charge in [-0.3, -0.25) is 9.59 Å². The van der Waals surface area contributed by atoms with Gasteiger partial charge >= 0.3 is 0 Å². The fraction of sp³-hybridized carbons (Fsp3) is 0.556. The largest absolute Gasteiger partial charge is 0.294 e. The smallest absolute Gasteiger partial charge is 0.166 e. The van der Waals surface area contributed by atoms with E-state index in [4.69, 9.17) is 0 Å². The van der Waals surface area contributed by atoms with E-state index in [0.717, 1.165) is 18.4 Å². The molecule has 0 N–H and O–H groups in total. The zero-order valence-electron chi connectivity index (χ0n) is 6.94. The summed E-state index contributed by atoms with van der Waals surface area (Å²) in [5, 5.41) is 0. The Hall–Kier alpha value is -0.920. The predicted molar refractivity (Wildman–Crippen MR) is 42.2 cm³/mol. The first kappa shape index (κ1) is 8.18. The zero-order valence-corrected chi connectivity index (χ0v) is 6.94. The summed E-state index contributed by atoms with van der Waals surface area (Å²) in [5.41, 5.74) is 1.42. The SMILES string of the molecule is CC(=O)C1=C(C)CCCC1=O. The third-order valence-electron chi connectivity index (χ3n) is 2.01. The summed E-state index contributed by atoms with van der Waals surface area (Å²) in [7, 11) is 0. The van der Waals surface area contributed by atoms with E-state index in [2.05, 4.69) is 0 Å². The number of allylic oxidation sites excluding steroid dienone is 2. The van der Waals surface area contributed by atoms with Crippen molar-refractivity contribution < 1.29 is 9.59 Å². The van der Waals surface area contributed by atoms with E-state index in [1.165, 1.54) is 6.92 Å². The summed E-state index contributed by atoms with van der Waals surface area (Å²) in [5.74, 6) is -0.0477. The molecule has 0 fully saturated rings. The molecule has 0 aromatic carbocycles. The van der Waals surface area contributed by atoms with Crippen LogP contribution in [0.25, 0.3) is 0 Å². The maximum Gasteiger partial charge on any atom is 0.166 e. The van der Waals surface area contributed by atoms with Crippen LogP contribution in [-0.4, -0.2) is 11.6 Å². The van der Waals surface area contributed by atoms with Crippen LogP contribution >= 0.6 is 0 Å². The zero-order chi connectivity index (χ0) is 8.43. The Bertz CT molecular complexity index is 236. The molecule has 11 heavy (non-hydrogen) atoms. The number of ketones is 2. The van der Waals surface area contributed by atoms with Gasteiger partial charge < -0.3 is 0 Å². The lowest BCUT2D eigenvalue weighted by Gasteiger charge is -2.13. The molecule has 0 spiro atoms. The molecule has 0 heterocycles. The molecular formula is C9H12O2. The second-order valence-electron chi connectivity index (χ2n) is 2.99. The van der Waals surface area contributed by atoms with Gasteiger partial charge in [-0.15, -0.1) is 0 Å². The van der Waals surface area contributed by atoms with Crippen LogP contribution in [0.4, 0.5) is 0 Å². The Labute approximate surface area is 66.3 Å². The van der Waals surface area contributed by atoms with Gasteiger partial charge in [-0.1, -0.05) is 5.57 Å². The Morgan fingerprint density at radius 1 is 1.36 bits per heavy atom. The Morgan fingerprint density at radius 2 is 2.00 bits per heavy atom. The van der Waals surface area contributed by atoms with Crippen molar-refractivity contribution in [3.63, 3.8) is 0 Å². The van der Waals surface area contributed by atoms with Gasteiger partial charge in [-0.2, -0.15) is 0 Å². The van der Waals surface area contributed by atoms with E-state index < -0.39 is 0 Å². The van der Waals surface area contributed by atoms with E-state index in [9.17, 15) is 9.59 Å². The number of carbonyl (C=O) groups excluding carboxylic acids is 2.